The Balaban J connectivity index is 1.53. The van der Waals surface area contributed by atoms with Crippen LogP contribution >= 0.6 is 22.6 Å². The molecular weight excluding hydrogens is 1080 g/mol. The van der Waals surface area contributed by atoms with Crippen LogP contribution in [0.1, 0.15) is 63.4 Å². The van der Waals surface area contributed by atoms with Crippen molar-refractivity contribution in [2.24, 2.45) is 11.8 Å². The van der Waals surface area contributed by atoms with Gasteiger partial charge in [-0.1, -0.05) is 18.2 Å². The minimum absolute atomic E-state index is 0.0336. The van der Waals surface area contributed by atoms with Crippen LogP contribution in [-0.4, -0.2) is 225 Å². The van der Waals surface area contributed by atoms with Gasteiger partial charge in [0.1, 0.15) is 18.1 Å². The first-order valence-electron chi connectivity index (χ1n) is 24.0. The minimum atomic E-state index is -1.91. The van der Waals surface area contributed by atoms with E-state index < -0.39 is 90.4 Å². The lowest BCUT2D eigenvalue weighted by Crippen LogP contribution is -2.52. The first-order valence-corrected chi connectivity index (χ1v) is 25.1. The average Bonchev–Trinajstić information content (AvgIpc) is 3.32. The molecule has 0 radical (unpaired) electrons. The van der Waals surface area contributed by atoms with E-state index >= 15 is 0 Å². The Morgan fingerprint density at radius 3 is 1.56 bits per heavy atom. The first kappa shape index (κ1) is 61.3. The number of benzene rings is 1. The molecule has 406 valence electrons. The van der Waals surface area contributed by atoms with E-state index in [4.69, 9.17) is 10.2 Å². The fourth-order valence-electron chi connectivity index (χ4n) is 8.42. The smallest absolute Gasteiger partial charge is 0.374 e. The highest BCUT2D eigenvalue weighted by atomic mass is 127. The van der Waals surface area contributed by atoms with Gasteiger partial charge < -0.3 is 57.2 Å². The van der Waals surface area contributed by atoms with Gasteiger partial charge in [0.25, 0.3) is 5.78 Å². The number of ketones is 1. The van der Waals surface area contributed by atoms with Gasteiger partial charge in [-0.05, 0) is 91.5 Å². The Labute approximate surface area is 435 Å². The molecule has 0 unspecified atom stereocenters. The lowest BCUT2D eigenvalue weighted by atomic mass is 9.81. The summed E-state index contributed by atoms with van der Waals surface area (Å²) in [6, 6.07) is 2.02. The Bertz CT molecular complexity index is 2060. The first-order chi connectivity index (χ1) is 34.6. The number of amides is 5. The fraction of sp³-hybridized carbons (Fsp3) is 0.630. The third-order valence-corrected chi connectivity index (χ3v) is 13.5. The lowest BCUT2D eigenvalue weighted by Gasteiger charge is -2.33. The standard InChI is InChI=1S/C46H68IN9O17/c47-32-6-2-1-5-31(32)23-35(43(68)48-14-4-3-7-34(44(69)70)52-46(73)51-33(12-13-37(58)59)41(66)45(71)72)50-42(67)30-10-8-29(9-11-30)24-49-36(57)25-53-15-17-54(26-38(60)61)19-21-56(28-40(64)65)22-20-55(18-16-53)27-39(62)63/h1-2,5-6,29-30,33-35H,3-4,7-28H2,(H,48,68)(H,49,57)(H,50,67)(H,58,59)(H,60,61)(H,62,63)(H,64,65)(H,69,70)(H,71,72)(H2,51,52,73)/t29-,30-,33-,34-,35-/m0/s1. The maximum atomic E-state index is 13.7. The van der Waals surface area contributed by atoms with Gasteiger partial charge in [-0.3, -0.25) is 58.0 Å². The molecule has 73 heavy (non-hydrogen) atoms. The molecule has 1 aliphatic carbocycles. The van der Waals surface area contributed by atoms with Crippen LogP contribution in [-0.2, 0) is 54.4 Å². The van der Waals surface area contributed by atoms with Crippen LogP contribution in [0.25, 0.3) is 0 Å². The summed E-state index contributed by atoms with van der Waals surface area (Å²) in [5.74, 6) is -10.7. The largest absolute Gasteiger partial charge is 0.481 e. The normalized spacial score (nSPS) is 18.8. The predicted molar refractivity (Wildman–Crippen MR) is 265 cm³/mol. The van der Waals surface area contributed by atoms with E-state index in [1.165, 1.54) is 0 Å². The van der Waals surface area contributed by atoms with Crippen molar-refractivity contribution >= 4 is 87.9 Å². The molecule has 1 heterocycles. The molecule has 26 nitrogen and oxygen atoms in total. The van der Waals surface area contributed by atoms with Gasteiger partial charge in [0.15, 0.2) is 0 Å². The zero-order chi connectivity index (χ0) is 54.0. The highest BCUT2D eigenvalue weighted by Crippen LogP contribution is 2.29. The molecule has 2 aliphatic rings. The summed E-state index contributed by atoms with van der Waals surface area (Å²) in [5, 5.41) is 68.9. The molecule has 3 atom stereocenters. The molecule has 1 aromatic carbocycles. The Morgan fingerprint density at radius 1 is 0.575 bits per heavy atom. The molecule has 5 amide bonds. The maximum absolute atomic E-state index is 13.7. The summed E-state index contributed by atoms with van der Waals surface area (Å²) in [6.07, 6.45) is 1.54. The molecule has 0 spiro atoms. The second-order valence-corrected chi connectivity index (χ2v) is 19.3. The van der Waals surface area contributed by atoms with Crippen molar-refractivity contribution in [3.8, 4) is 0 Å². The molecule has 0 aromatic heterocycles. The molecular formula is C46H68IN9O17. The van der Waals surface area contributed by atoms with Crippen molar-refractivity contribution in [3.05, 3.63) is 33.4 Å². The number of nitrogens with one attached hydrogen (secondary N) is 5. The van der Waals surface area contributed by atoms with E-state index in [1.54, 1.807) is 14.7 Å². The van der Waals surface area contributed by atoms with Crippen molar-refractivity contribution in [3.63, 3.8) is 0 Å². The number of carbonyl (C=O) groups is 11. The molecule has 27 heteroatoms. The van der Waals surface area contributed by atoms with Gasteiger partial charge in [0.05, 0.1) is 26.2 Å². The van der Waals surface area contributed by atoms with Crippen LogP contribution in [0.5, 0.6) is 0 Å². The average molecular weight is 1150 g/mol. The Hall–Kier alpha value is -6.04. The van der Waals surface area contributed by atoms with Gasteiger partial charge in [-0.15, -0.1) is 0 Å². The third-order valence-electron chi connectivity index (χ3n) is 12.5. The second kappa shape index (κ2) is 32.2. The number of unbranched alkanes of at least 4 members (excludes halogenated alkanes) is 1. The topological polar surface area (TPSA) is 382 Å². The maximum Gasteiger partial charge on any atom is 0.374 e. The van der Waals surface area contributed by atoms with Crippen LogP contribution in [0.3, 0.4) is 0 Å². The number of carboxylic acid groups (broad SMARTS) is 6. The summed E-state index contributed by atoms with van der Waals surface area (Å²) >= 11 is 2.14. The van der Waals surface area contributed by atoms with Gasteiger partial charge in [-0.25, -0.2) is 14.4 Å². The molecule has 1 saturated carbocycles. The highest BCUT2D eigenvalue weighted by molar-refractivity contribution is 14.1. The van der Waals surface area contributed by atoms with Crippen molar-refractivity contribution in [1.82, 2.24) is 46.2 Å². The second-order valence-electron chi connectivity index (χ2n) is 18.1. The summed E-state index contributed by atoms with van der Waals surface area (Å²) in [4.78, 5) is 141. The summed E-state index contributed by atoms with van der Waals surface area (Å²) < 4.78 is 0.876. The number of urea groups is 1. The molecule has 2 fully saturated rings. The minimum Gasteiger partial charge on any atom is -0.481 e. The molecule has 1 aromatic rings. The number of Topliss-reactive ketones (excluding diaryl/α,β-unsaturated/α-hetero) is 1. The summed E-state index contributed by atoms with van der Waals surface area (Å²) in [5.41, 5.74) is 0.819. The monoisotopic (exact) mass is 1150 g/mol. The highest BCUT2D eigenvalue weighted by Gasteiger charge is 2.32. The number of rotatable bonds is 28. The zero-order valence-electron chi connectivity index (χ0n) is 40.5. The van der Waals surface area contributed by atoms with Gasteiger partial charge in [0.2, 0.25) is 17.7 Å². The quantitative estimate of drug-likeness (QED) is 0.0262. The number of aliphatic carboxylic acids is 6. The van der Waals surface area contributed by atoms with E-state index in [2.05, 4.69) is 43.9 Å². The van der Waals surface area contributed by atoms with Gasteiger partial charge in [-0.2, -0.15) is 0 Å². The number of hydrogen-bond acceptors (Lipinski definition) is 15. The van der Waals surface area contributed by atoms with Crippen molar-refractivity contribution in [2.45, 2.75) is 82.3 Å². The molecule has 1 saturated heterocycles. The van der Waals surface area contributed by atoms with Crippen molar-refractivity contribution < 1.29 is 83.4 Å². The summed E-state index contributed by atoms with van der Waals surface area (Å²) in [6.45, 7) is 1.64. The van der Waals surface area contributed by atoms with Crippen molar-refractivity contribution in [1.29, 1.82) is 0 Å². The van der Waals surface area contributed by atoms with E-state index in [-0.39, 0.29) is 115 Å². The van der Waals surface area contributed by atoms with Crippen molar-refractivity contribution in [2.75, 3.05) is 91.6 Å². The van der Waals surface area contributed by atoms with E-state index in [1.807, 2.05) is 34.5 Å². The number of carbonyl (C=O) groups excluding carboxylic acids is 5. The van der Waals surface area contributed by atoms with Crippen LogP contribution in [0, 0.1) is 15.4 Å². The fourth-order valence-corrected chi connectivity index (χ4v) is 9.03. The van der Waals surface area contributed by atoms with E-state index in [0.717, 1.165) is 9.13 Å². The van der Waals surface area contributed by atoms with Crippen LogP contribution in [0.2, 0.25) is 0 Å². The van der Waals surface area contributed by atoms with E-state index in [0.29, 0.717) is 45.3 Å². The van der Waals surface area contributed by atoms with Crippen LogP contribution < -0.4 is 26.6 Å². The Kier molecular flexibility index (Phi) is 27.0. The molecule has 1 aliphatic heterocycles. The predicted octanol–water partition coefficient (Wildman–Crippen LogP) is -1.36. The molecule has 3 rings (SSSR count). The van der Waals surface area contributed by atoms with Crippen LogP contribution in [0.4, 0.5) is 4.79 Å². The number of nitrogens with zero attached hydrogens (tertiary/aromatic N) is 4. The Morgan fingerprint density at radius 2 is 1.08 bits per heavy atom. The van der Waals surface area contributed by atoms with Gasteiger partial charge >= 0.3 is 41.8 Å². The van der Waals surface area contributed by atoms with Crippen LogP contribution in [0.15, 0.2) is 24.3 Å². The molecule has 0 bridgehead atoms. The number of carboxylic acids is 6. The molecule has 11 N–H and O–H groups in total. The summed E-state index contributed by atoms with van der Waals surface area (Å²) in [7, 11) is 0. The number of hydrogen-bond donors (Lipinski definition) is 11. The number of halogens is 1. The lowest BCUT2D eigenvalue weighted by molar-refractivity contribution is -0.150. The zero-order valence-corrected chi connectivity index (χ0v) is 42.7. The van der Waals surface area contributed by atoms with Gasteiger partial charge in [0, 0.05) is 87.8 Å². The van der Waals surface area contributed by atoms with E-state index in [9.17, 15) is 73.2 Å². The SMILES string of the molecule is O=C(O)CC[C@H](NC(=O)N[C@@H](CCCCNC(=O)[C@H](Cc1ccccc1I)NC(=O)[C@H]1CC[C@H](CNC(=O)CN2CCN(CC(=O)O)CCN(CC(=O)O)CCN(CC(=O)O)CC2)CC1)C(=O)O)C(=O)C(=O)O. The third kappa shape index (κ3) is 24.5.